The van der Waals surface area contributed by atoms with Gasteiger partial charge in [0.2, 0.25) is 0 Å². The van der Waals surface area contributed by atoms with E-state index in [1.54, 1.807) is 0 Å². The number of carbonyl (C=O) groups is 1. The van der Waals surface area contributed by atoms with Gasteiger partial charge in [-0.15, -0.1) is 0 Å². The predicted molar refractivity (Wildman–Crippen MR) is 134 cm³/mol. The number of rotatable bonds is 11. The van der Waals surface area contributed by atoms with Gasteiger partial charge in [0, 0.05) is 35.1 Å². The number of aromatic amines is 1. The average molecular weight is 479 g/mol. The summed E-state index contributed by atoms with van der Waals surface area (Å²) in [6.45, 7) is 3.15. The fourth-order valence-electron chi connectivity index (χ4n) is 3.85. The van der Waals surface area contributed by atoms with E-state index >= 15 is 0 Å². The Kier molecular flexibility index (Phi) is 7.72. The zero-order chi connectivity index (χ0) is 23.9. The van der Waals surface area contributed by atoms with Crippen molar-refractivity contribution in [3.05, 3.63) is 94.6 Å². The third-order valence-corrected chi connectivity index (χ3v) is 5.78. The SMILES string of the molecule is CCOc1cc(CN[C@@H](Cc2c[nH]c3ccccc23)C(=O)O)ccc1OCc1cccc(Cl)c1. The number of para-hydroxylation sites is 1. The van der Waals surface area contributed by atoms with Crippen LogP contribution in [0.1, 0.15) is 23.6 Å². The molecule has 0 aliphatic heterocycles. The molecule has 1 atom stereocenters. The first kappa shape index (κ1) is 23.7. The monoisotopic (exact) mass is 478 g/mol. The molecule has 1 heterocycles. The quantitative estimate of drug-likeness (QED) is 0.262. The molecule has 0 bridgehead atoms. The highest BCUT2D eigenvalue weighted by molar-refractivity contribution is 6.30. The number of carboxylic acid groups (broad SMARTS) is 1. The number of H-pyrrole nitrogens is 1. The molecule has 0 saturated carbocycles. The highest BCUT2D eigenvalue weighted by Crippen LogP contribution is 2.30. The van der Waals surface area contributed by atoms with Crippen LogP contribution in [-0.4, -0.2) is 28.7 Å². The van der Waals surface area contributed by atoms with Crippen molar-refractivity contribution in [2.24, 2.45) is 0 Å². The molecule has 0 amide bonds. The van der Waals surface area contributed by atoms with Crippen molar-refractivity contribution < 1.29 is 19.4 Å². The minimum absolute atomic E-state index is 0.365. The summed E-state index contributed by atoms with van der Waals surface area (Å²) < 4.78 is 11.7. The number of hydrogen-bond acceptors (Lipinski definition) is 4. The van der Waals surface area contributed by atoms with Crippen LogP contribution in [0.15, 0.2) is 72.9 Å². The van der Waals surface area contributed by atoms with Gasteiger partial charge in [-0.25, -0.2) is 0 Å². The molecule has 1 aromatic heterocycles. The van der Waals surface area contributed by atoms with Crippen molar-refractivity contribution in [2.45, 2.75) is 32.5 Å². The van der Waals surface area contributed by atoms with E-state index in [-0.39, 0.29) is 0 Å². The van der Waals surface area contributed by atoms with Gasteiger partial charge in [0.05, 0.1) is 6.61 Å². The van der Waals surface area contributed by atoms with Gasteiger partial charge in [0.1, 0.15) is 12.6 Å². The number of carboxylic acids is 1. The third-order valence-electron chi connectivity index (χ3n) is 5.54. The van der Waals surface area contributed by atoms with E-state index in [0.29, 0.717) is 42.7 Å². The van der Waals surface area contributed by atoms with Gasteiger partial charge in [-0.2, -0.15) is 0 Å². The summed E-state index contributed by atoms with van der Waals surface area (Å²) in [5, 5.41) is 14.6. The second-order valence-corrected chi connectivity index (χ2v) is 8.40. The van der Waals surface area contributed by atoms with Gasteiger partial charge in [0.25, 0.3) is 0 Å². The lowest BCUT2D eigenvalue weighted by atomic mass is 10.0. The molecule has 0 fully saturated rings. The molecule has 0 aliphatic rings. The zero-order valence-electron chi connectivity index (χ0n) is 18.9. The lowest BCUT2D eigenvalue weighted by molar-refractivity contribution is -0.139. The molecular weight excluding hydrogens is 452 g/mol. The summed E-state index contributed by atoms with van der Waals surface area (Å²) in [5.41, 5.74) is 3.83. The molecule has 0 saturated heterocycles. The number of aliphatic carboxylic acids is 1. The summed E-state index contributed by atoms with van der Waals surface area (Å²) in [6, 6.07) is 20.3. The first-order chi connectivity index (χ1) is 16.5. The fourth-order valence-corrected chi connectivity index (χ4v) is 4.06. The van der Waals surface area contributed by atoms with Gasteiger partial charge >= 0.3 is 5.97 Å². The van der Waals surface area contributed by atoms with Crippen LogP contribution < -0.4 is 14.8 Å². The maximum atomic E-state index is 11.9. The fraction of sp³-hybridized carbons (Fsp3) is 0.222. The first-order valence-electron chi connectivity index (χ1n) is 11.2. The molecule has 6 nitrogen and oxygen atoms in total. The summed E-state index contributed by atoms with van der Waals surface area (Å²) in [6.07, 6.45) is 2.25. The van der Waals surface area contributed by atoms with Crippen molar-refractivity contribution in [2.75, 3.05) is 6.61 Å². The standard InChI is InChI=1S/C27H27ClN2O4/c1-2-33-26-13-18(10-11-25(26)34-17-19-6-5-7-21(28)12-19)15-29-24(27(31)32)14-20-16-30-23-9-4-3-8-22(20)23/h3-13,16,24,29-30H,2,14-15,17H2,1H3,(H,31,32)/t24-/m0/s1. The lowest BCUT2D eigenvalue weighted by Gasteiger charge is -2.16. The van der Waals surface area contributed by atoms with E-state index in [1.807, 2.05) is 79.9 Å². The van der Waals surface area contributed by atoms with Crippen molar-refractivity contribution in [1.29, 1.82) is 0 Å². The van der Waals surface area contributed by atoms with Crippen LogP contribution in [-0.2, 0) is 24.4 Å². The van der Waals surface area contributed by atoms with Crippen LogP contribution in [0.3, 0.4) is 0 Å². The largest absolute Gasteiger partial charge is 0.490 e. The molecule has 0 radical (unpaired) electrons. The molecule has 7 heteroatoms. The van der Waals surface area contributed by atoms with Gasteiger partial charge in [0.15, 0.2) is 11.5 Å². The molecule has 0 spiro atoms. The second-order valence-electron chi connectivity index (χ2n) is 7.97. The van der Waals surface area contributed by atoms with E-state index in [2.05, 4.69) is 10.3 Å². The normalized spacial score (nSPS) is 11.9. The lowest BCUT2D eigenvalue weighted by Crippen LogP contribution is -2.38. The number of benzene rings is 3. The van der Waals surface area contributed by atoms with Crippen LogP contribution in [0.4, 0.5) is 0 Å². The van der Waals surface area contributed by atoms with Crippen molar-refractivity contribution in [3.63, 3.8) is 0 Å². The van der Waals surface area contributed by atoms with Crippen LogP contribution in [0.2, 0.25) is 5.02 Å². The van der Waals surface area contributed by atoms with Gasteiger partial charge in [-0.05, 0) is 53.9 Å². The zero-order valence-corrected chi connectivity index (χ0v) is 19.6. The number of fused-ring (bicyclic) bond motifs is 1. The Balaban J connectivity index is 1.43. The molecular formula is C27H27ClN2O4. The molecule has 34 heavy (non-hydrogen) atoms. The van der Waals surface area contributed by atoms with Crippen LogP contribution >= 0.6 is 11.6 Å². The van der Waals surface area contributed by atoms with Crippen LogP contribution in [0.5, 0.6) is 11.5 Å². The van der Waals surface area contributed by atoms with Crippen molar-refractivity contribution >= 4 is 28.5 Å². The Hall–Kier alpha value is -3.48. The predicted octanol–water partition coefficient (Wildman–Crippen LogP) is 5.58. The van der Waals surface area contributed by atoms with E-state index in [4.69, 9.17) is 21.1 Å². The molecule has 0 aliphatic carbocycles. The smallest absolute Gasteiger partial charge is 0.321 e. The van der Waals surface area contributed by atoms with Crippen molar-refractivity contribution in [1.82, 2.24) is 10.3 Å². The van der Waals surface area contributed by atoms with Crippen molar-refractivity contribution in [3.8, 4) is 11.5 Å². The summed E-state index contributed by atoms with van der Waals surface area (Å²) in [5.74, 6) is 0.350. The Labute approximate surface area is 203 Å². The number of aromatic nitrogens is 1. The third kappa shape index (κ3) is 5.90. The summed E-state index contributed by atoms with van der Waals surface area (Å²) in [4.78, 5) is 15.1. The maximum absolute atomic E-state index is 11.9. The topological polar surface area (TPSA) is 83.6 Å². The molecule has 3 aromatic carbocycles. The minimum Gasteiger partial charge on any atom is -0.490 e. The molecule has 3 N–H and O–H groups in total. The Morgan fingerprint density at radius 1 is 1.03 bits per heavy atom. The van der Waals surface area contributed by atoms with E-state index in [1.165, 1.54) is 0 Å². The van der Waals surface area contributed by atoms with E-state index in [9.17, 15) is 9.90 Å². The Bertz CT molecular complexity index is 1270. The van der Waals surface area contributed by atoms with Crippen LogP contribution in [0.25, 0.3) is 10.9 Å². The summed E-state index contributed by atoms with van der Waals surface area (Å²) >= 11 is 6.05. The number of ether oxygens (including phenoxy) is 2. The Morgan fingerprint density at radius 2 is 1.88 bits per heavy atom. The highest BCUT2D eigenvalue weighted by atomic mass is 35.5. The second kappa shape index (κ2) is 11.1. The van der Waals surface area contributed by atoms with Gasteiger partial charge in [-0.3, -0.25) is 4.79 Å². The number of nitrogens with one attached hydrogen (secondary N) is 2. The average Bonchev–Trinajstić information content (AvgIpc) is 3.24. The number of halogens is 1. The molecule has 176 valence electrons. The molecule has 4 aromatic rings. The Morgan fingerprint density at radius 3 is 2.68 bits per heavy atom. The maximum Gasteiger partial charge on any atom is 0.321 e. The van der Waals surface area contributed by atoms with Crippen LogP contribution in [0, 0.1) is 0 Å². The highest BCUT2D eigenvalue weighted by Gasteiger charge is 2.19. The van der Waals surface area contributed by atoms with E-state index in [0.717, 1.165) is 27.6 Å². The number of hydrogen-bond donors (Lipinski definition) is 3. The first-order valence-corrected chi connectivity index (χ1v) is 11.6. The van der Waals surface area contributed by atoms with Gasteiger partial charge < -0.3 is 24.9 Å². The molecule has 0 unspecified atom stereocenters. The minimum atomic E-state index is -0.892. The van der Waals surface area contributed by atoms with Gasteiger partial charge in [-0.1, -0.05) is 48.0 Å². The van der Waals surface area contributed by atoms with E-state index < -0.39 is 12.0 Å². The summed E-state index contributed by atoms with van der Waals surface area (Å²) in [7, 11) is 0. The molecule has 4 rings (SSSR count).